The van der Waals surface area contributed by atoms with E-state index in [2.05, 4.69) is 22.1 Å². The van der Waals surface area contributed by atoms with Gasteiger partial charge in [0.25, 0.3) is 0 Å². The molecule has 5 rings (SSSR count). The highest BCUT2D eigenvalue weighted by molar-refractivity contribution is 8.01. The number of rotatable bonds is 8. The number of likely N-dealkylation sites (tertiary alicyclic amines) is 1. The molecular weight excluding hydrogens is 470 g/mol. The average Bonchev–Trinajstić information content (AvgIpc) is 3.55. The number of anilines is 1. The average molecular weight is 494 g/mol. The highest BCUT2D eigenvalue weighted by atomic mass is 32.2. The first-order valence-corrected chi connectivity index (χ1v) is 13.6. The molecule has 0 spiro atoms. The van der Waals surface area contributed by atoms with Gasteiger partial charge in [0.05, 0.1) is 10.2 Å². The van der Waals surface area contributed by atoms with Gasteiger partial charge >= 0.3 is 0 Å². The Kier molecular flexibility index (Phi) is 6.75. The van der Waals surface area contributed by atoms with Crippen LogP contribution < -0.4 is 5.32 Å². The molecule has 1 unspecified atom stereocenters. The lowest BCUT2D eigenvalue weighted by Crippen LogP contribution is -2.41. The van der Waals surface area contributed by atoms with Crippen molar-refractivity contribution in [2.75, 3.05) is 11.1 Å². The minimum Gasteiger partial charge on any atom is -0.326 e. The first kappa shape index (κ1) is 22.1. The van der Waals surface area contributed by atoms with Crippen LogP contribution in [0.4, 0.5) is 5.69 Å². The van der Waals surface area contributed by atoms with Gasteiger partial charge in [0.1, 0.15) is 6.04 Å². The molecule has 2 amide bonds. The van der Waals surface area contributed by atoms with Gasteiger partial charge in [-0.15, -0.1) is 11.3 Å². The number of hydrogen-bond donors (Lipinski definition) is 1. The first-order valence-electron chi connectivity index (χ1n) is 10.8. The number of carbonyl (C=O) groups excluding carboxylic acids is 2. The molecule has 1 fully saturated rings. The third-order valence-corrected chi connectivity index (χ3v) is 8.55. The summed E-state index contributed by atoms with van der Waals surface area (Å²) in [5.41, 5.74) is 4.08. The van der Waals surface area contributed by atoms with E-state index in [0.29, 0.717) is 19.4 Å². The summed E-state index contributed by atoms with van der Waals surface area (Å²) in [7, 11) is 0. The Morgan fingerprint density at radius 1 is 1.15 bits per heavy atom. The van der Waals surface area contributed by atoms with E-state index >= 15 is 0 Å². The van der Waals surface area contributed by atoms with Crippen LogP contribution in [-0.2, 0) is 22.6 Å². The van der Waals surface area contributed by atoms with Crippen LogP contribution in [0.25, 0.3) is 10.2 Å². The first-order chi connectivity index (χ1) is 16.2. The molecule has 8 heteroatoms. The number of thioether (sulfide) groups is 1. The topological polar surface area (TPSA) is 62.3 Å². The number of aryl methyl sites for hydroxylation is 1. The lowest BCUT2D eigenvalue weighted by molar-refractivity contribution is -0.133. The zero-order valence-corrected chi connectivity index (χ0v) is 20.3. The summed E-state index contributed by atoms with van der Waals surface area (Å²) in [6.07, 6.45) is 1.99. The van der Waals surface area contributed by atoms with Gasteiger partial charge in [-0.3, -0.25) is 9.59 Å². The molecule has 1 atom stereocenters. The number of benzene rings is 2. The fraction of sp³-hybridized carbons (Fsp3) is 0.240. The number of hydrogen-bond acceptors (Lipinski definition) is 6. The quantitative estimate of drug-likeness (QED) is 0.314. The van der Waals surface area contributed by atoms with E-state index in [1.54, 1.807) is 39.3 Å². The van der Waals surface area contributed by atoms with Crippen LogP contribution in [0.1, 0.15) is 24.0 Å². The minimum atomic E-state index is -0.446. The Morgan fingerprint density at radius 2 is 2.03 bits per heavy atom. The Labute approximate surface area is 204 Å². The number of aromatic nitrogens is 1. The molecule has 1 aliphatic heterocycles. The molecule has 0 saturated carbocycles. The van der Waals surface area contributed by atoms with Gasteiger partial charge in [-0.05, 0) is 59.0 Å². The van der Waals surface area contributed by atoms with E-state index in [0.717, 1.165) is 38.0 Å². The van der Waals surface area contributed by atoms with Crippen molar-refractivity contribution in [2.45, 2.75) is 36.2 Å². The molecule has 168 valence electrons. The SMILES string of the molecule is O=C(Nc1ccc2nc(SCCc3ccsc3)sc2c1)C1CCC(=O)N1Cc1ccccc1. The highest BCUT2D eigenvalue weighted by Gasteiger charge is 2.36. The molecule has 3 heterocycles. The third-order valence-electron chi connectivity index (χ3n) is 5.66. The maximum absolute atomic E-state index is 13.0. The standard InChI is InChI=1S/C25H23N3O2S3/c29-23-9-8-21(28(23)15-17-4-2-1-3-5-17)24(30)26-19-6-7-20-22(14-19)33-25(27-20)32-13-11-18-10-12-31-16-18/h1-7,10,12,14,16,21H,8-9,11,13,15H2,(H,26,30). The van der Waals surface area contributed by atoms with Crippen molar-refractivity contribution in [3.05, 3.63) is 76.5 Å². The lowest BCUT2D eigenvalue weighted by Gasteiger charge is -2.24. The number of thiophene rings is 1. The number of thiazole rings is 1. The number of amides is 2. The summed E-state index contributed by atoms with van der Waals surface area (Å²) in [4.78, 5) is 31.9. The van der Waals surface area contributed by atoms with Crippen molar-refractivity contribution in [2.24, 2.45) is 0 Å². The maximum Gasteiger partial charge on any atom is 0.247 e. The van der Waals surface area contributed by atoms with Crippen LogP contribution in [0.3, 0.4) is 0 Å². The summed E-state index contributed by atoms with van der Waals surface area (Å²) in [6, 6.07) is 17.3. The van der Waals surface area contributed by atoms with Crippen LogP contribution >= 0.6 is 34.4 Å². The van der Waals surface area contributed by atoms with Crippen molar-refractivity contribution >= 4 is 62.2 Å². The normalized spacial score (nSPS) is 15.9. The zero-order chi connectivity index (χ0) is 22.6. The van der Waals surface area contributed by atoms with Crippen molar-refractivity contribution in [3.8, 4) is 0 Å². The third kappa shape index (κ3) is 5.29. The number of fused-ring (bicyclic) bond motifs is 1. The van der Waals surface area contributed by atoms with Crippen molar-refractivity contribution in [1.29, 1.82) is 0 Å². The van der Waals surface area contributed by atoms with Crippen LogP contribution in [0.15, 0.2) is 69.7 Å². The monoisotopic (exact) mass is 493 g/mol. The van der Waals surface area contributed by atoms with E-state index in [-0.39, 0.29) is 11.8 Å². The summed E-state index contributed by atoms with van der Waals surface area (Å²) in [5.74, 6) is 0.889. The number of nitrogens with one attached hydrogen (secondary N) is 1. The largest absolute Gasteiger partial charge is 0.326 e. The summed E-state index contributed by atoms with van der Waals surface area (Å²) < 4.78 is 2.09. The summed E-state index contributed by atoms with van der Waals surface area (Å²) >= 11 is 5.14. The number of carbonyl (C=O) groups is 2. The molecule has 0 radical (unpaired) electrons. The van der Waals surface area contributed by atoms with Gasteiger partial charge in [-0.1, -0.05) is 42.1 Å². The molecule has 2 aromatic carbocycles. The Balaban J connectivity index is 1.23. The minimum absolute atomic E-state index is 0.0287. The molecule has 1 N–H and O–H groups in total. The molecule has 5 nitrogen and oxygen atoms in total. The van der Waals surface area contributed by atoms with Gasteiger partial charge in [0, 0.05) is 24.4 Å². The Bertz CT molecular complexity index is 1250. The van der Waals surface area contributed by atoms with Crippen LogP contribution in [-0.4, -0.2) is 33.5 Å². The lowest BCUT2D eigenvalue weighted by atomic mass is 10.1. The second kappa shape index (κ2) is 10.1. The van der Waals surface area contributed by atoms with Gasteiger partial charge in [-0.2, -0.15) is 11.3 Å². The number of nitrogens with zero attached hydrogens (tertiary/aromatic N) is 2. The van der Waals surface area contributed by atoms with Gasteiger partial charge in [0.15, 0.2) is 4.34 Å². The maximum atomic E-state index is 13.0. The van der Waals surface area contributed by atoms with Crippen LogP contribution in [0.5, 0.6) is 0 Å². The zero-order valence-electron chi connectivity index (χ0n) is 17.9. The fourth-order valence-corrected chi connectivity index (χ4v) is 6.81. The second-order valence-electron chi connectivity index (χ2n) is 7.94. The van der Waals surface area contributed by atoms with Gasteiger partial charge in [0.2, 0.25) is 11.8 Å². The smallest absolute Gasteiger partial charge is 0.247 e. The van der Waals surface area contributed by atoms with E-state index in [1.165, 1.54) is 5.56 Å². The molecule has 1 aliphatic rings. The van der Waals surface area contributed by atoms with Gasteiger partial charge in [-0.25, -0.2) is 4.98 Å². The van der Waals surface area contributed by atoms with Crippen molar-refractivity contribution in [1.82, 2.24) is 9.88 Å². The van der Waals surface area contributed by atoms with Crippen LogP contribution in [0, 0.1) is 0 Å². The van der Waals surface area contributed by atoms with E-state index in [9.17, 15) is 9.59 Å². The van der Waals surface area contributed by atoms with Crippen molar-refractivity contribution < 1.29 is 9.59 Å². The molecule has 0 aliphatic carbocycles. The molecule has 2 aromatic heterocycles. The predicted molar refractivity (Wildman–Crippen MR) is 137 cm³/mol. The molecule has 33 heavy (non-hydrogen) atoms. The molecular formula is C25H23N3O2S3. The van der Waals surface area contributed by atoms with Gasteiger partial charge < -0.3 is 10.2 Å². The Morgan fingerprint density at radius 3 is 2.85 bits per heavy atom. The molecule has 0 bridgehead atoms. The summed E-state index contributed by atoms with van der Waals surface area (Å²) in [6.45, 7) is 0.456. The van der Waals surface area contributed by atoms with E-state index in [1.807, 2.05) is 48.5 Å². The highest BCUT2D eigenvalue weighted by Crippen LogP contribution is 2.32. The van der Waals surface area contributed by atoms with E-state index < -0.39 is 6.04 Å². The second-order valence-corrected chi connectivity index (χ2v) is 11.1. The molecule has 4 aromatic rings. The van der Waals surface area contributed by atoms with Crippen molar-refractivity contribution in [3.63, 3.8) is 0 Å². The summed E-state index contributed by atoms with van der Waals surface area (Å²) in [5, 5.41) is 7.32. The predicted octanol–water partition coefficient (Wildman–Crippen LogP) is 5.82. The van der Waals surface area contributed by atoms with Crippen LogP contribution in [0.2, 0.25) is 0 Å². The van der Waals surface area contributed by atoms with E-state index in [4.69, 9.17) is 4.98 Å². The molecule has 1 saturated heterocycles. The fourth-order valence-electron chi connectivity index (χ4n) is 3.94. The Hall–Kier alpha value is -2.68.